The maximum atomic E-state index is 14.0. The van der Waals surface area contributed by atoms with Gasteiger partial charge in [0, 0.05) is 19.9 Å². The Balaban J connectivity index is 6.54. The largest absolute Gasteiger partial charge is 0.480 e. The summed E-state index contributed by atoms with van der Waals surface area (Å²) in [7, 11) is 1.25. The van der Waals surface area contributed by atoms with Gasteiger partial charge in [0.25, 0.3) is 5.91 Å². The average molecular weight is 626 g/mol. The molecular formula is C28H47N7O9. The van der Waals surface area contributed by atoms with Gasteiger partial charge in [0.2, 0.25) is 23.5 Å². The van der Waals surface area contributed by atoms with E-state index in [1.807, 2.05) is 0 Å². The second-order valence-corrected chi connectivity index (χ2v) is 11.9. The zero-order valence-corrected chi connectivity index (χ0v) is 26.7. The third-order valence-electron chi connectivity index (χ3n) is 6.77. The SMILES string of the molecule is CC[C@H](C)[C@H](NC(=O)[C@H](CCC(N)=O)N(C)C(=O)[C@@H](N)CCC(=O)C=[N+]=[N-])C(=O)N(C(=O)OC(C)(C)C)[C@H](C(=O)O)C(C)C. The molecular weight excluding hydrogens is 578 g/mol. The molecule has 6 N–H and O–H groups in total. The molecule has 248 valence electrons. The molecule has 0 saturated heterocycles. The van der Waals surface area contributed by atoms with E-state index in [1.165, 1.54) is 20.9 Å². The summed E-state index contributed by atoms with van der Waals surface area (Å²) in [5.74, 6) is -6.88. The van der Waals surface area contributed by atoms with Gasteiger partial charge in [0.05, 0.1) is 6.04 Å². The first-order valence-corrected chi connectivity index (χ1v) is 14.3. The van der Waals surface area contributed by atoms with Crippen molar-refractivity contribution < 1.29 is 48.2 Å². The van der Waals surface area contributed by atoms with E-state index in [1.54, 1.807) is 34.6 Å². The smallest absolute Gasteiger partial charge is 0.417 e. The van der Waals surface area contributed by atoms with E-state index in [2.05, 4.69) is 10.1 Å². The quantitative estimate of drug-likeness (QED) is 0.0986. The van der Waals surface area contributed by atoms with E-state index < -0.39 is 83.1 Å². The Bertz CT molecular complexity index is 1130. The van der Waals surface area contributed by atoms with E-state index in [0.717, 1.165) is 4.90 Å². The van der Waals surface area contributed by atoms with Gasteiger partial charge in [-0.1, -0.05) is 34.1 Å². The number of hydrogen-bond donors (Lipinski definition) is 4. The Morgan fingerprint density at radius 1 is 1.02 bits per heavy atom. The highest BCUT2D eigenvalue weighted by Gasteiger charge is 2.44. The van der Waals surface area contributed by atoms with Gasteiger partial charge in [-0.05, 0) is 45.4 Å². The van der Waals surface area contributed by atoms with Gasteiger partial charge >= 0.3 is 18.3 Å². The van der Waals surface area contributed by atoms with Crippen molar-refractivity contribution in [3.8, 4) is 0 Å². The molecule has 0 unspecified atom stereocenters. The van der Waals surface area contributed by atoms with E-state index in [9.17, 15) is 38.7 Å². The van der Waals surface area contributed by atoms with Crippen LogP contribution in [-0.2, 0) is 33.5 Å². The first-order chi connectivity index (χ1) is 20.2. The van der Waals surface area contributed by atoms with Gasteiger partial charge in [-0.25, -0.2) is 14.5 Å². The Morgan fingerprint density at radius 3 is 2.02 bits per heavy atom. The van der Waals surface area contributed by atoms with Gasteiger partial charge < -0.3 is 37.1 Å². The van der Waals surface area contributed by atoms with Crippen molar-refractivity contribution in [3.63, 3.8) is 0 Å². The lowest BCUT2D eigenvalue weighted by Crippen LogP contribution is -2.62. The number of ether oxygens (including phenoxy) is 1. The van der Waals surface area contributed by atoms with Crippen LogP contribution in [0.3, 0.4) is 0 Å². The number of carboxylic acids is 1. The first-order valence-electron chi connectivity index (χ1n) is 14.3. The van der Waals surface area contributed by atoms with Crippen molar-refractivity contribution in [3.05, 3.63) is 5.53 Å². The van der Waals surface area contributed by atoms with Crippen LogP contribution < -0.4 is 16.8 Å². The fourth-order valence-electron chi connectivity index (χ4n) is 4.17. The van der Waals surface area contributed by atoms with Crippen molar-refractivity contribution in [2.24, 2.45) is 23.3 Å². The fraction of sp³-hybridized carbons (Fsp3) is 0.714. The summed E-state index contributed by atoms with van der Waals surface area (Å²) in [6, 6.07) is -5.70. The van der Waals surface area contributed by atoms with Crippen LogP contribution in [0, 0.1) is 11.8 Å². The zero-order chi connectivity index (χ0) is 34.5. The second-order valence-electron chi connectivity index (χ2n) is 11.9. The molecule has 16 heteroatoms. The number of imide groups is 1. The van der Waals surface area contributed by atoms with Crippen LogP contribution in [0.4, 0.5) is 4.79 Å². The molecule has 0 radical (unpaired) electrons. The molecule has 5 atom stereocenters. The second kappa shape index (κ2) is 17.8. The third kappa shape index (κ3) is 12.6. The molecule has 0 aromatic heterocycles. The van der Waals surface area contributed by atoms with Crippen molar-refractivity contribution >= 4 is 47.7 Å². The summed E-state index contributed by atoms with van der Waals surface area (Å²) in [6.45, 7) is 11.0. The Labute approximate surface area is 257 Å². The first kappa shape index (κ1) is 39.8. The number of carbonyl (C=O) groups is 7. The molecule has 0 rings (SSSR count). The molecule has 0 heterocycles. The summed E-state index contributed by atoms with van der Waals surface area (Å²) >= 11 is 0. The van der Waals surface area contributed by atoms with Crippen LogP contribution in [-0.4, -0.2) is 104 Å². The minimum atomic E-state index is -1.63. The van der Waals surface area contributed by atoms with Crippen LogP contribution in [0.15, 0.2) is 0 Å². The van der Waals surface area contributed by atoms with Crippen molar-refractivity contribution in [2.75, 3.05) is 7.05 Å². The standard InChI is InChI=1S/C28H47N7O9/c1-9-16(4)21(25(40)35(22(15(2)3)26(41)42)27(43)44-28(5,6)7)33-23(38)19(12-13-20(30)37)34(8)24(39)18(29)11-10-17(36)14-32-31/h14-16,18-19,21-22H,9-13,29H2,1-8H3,(H2,30,37)(H,33,38)(H,41,42)/t16-,18-,19-,21-,22-/m0/s1. The summed E-state index contributed by atoms with van der Waals surface area (Å²) in [6.07, 6.45) is -1.20. The van der Waals surface area contributed by atoms with Crippen molar-refractivity contribution in [1.82, 2.24) is 15.1 Å². The number of carboxylic acid groups (broad SMARTS) is 1. The fourth-order valence-corrected chi connectivity index (χ4v) is 4.17. The van der Waals surface area contributed by atoms with Crippen LogP contribution in [0.2, 0.25) is 0 Å². The molecule has 0 spiro atoms. The summed E-state index contributed by atoms with van der Waals surface area (Å²) < 4.78 is 5.36. The number of nitrogens with two attached hydrogens (primary N) is 2. The lowest BCUT2D eigenvalue weighted by atomic mass is 9.94. The molecule has 0 fully saturated rings. The van der Waals surface area contributed by atoms with Crippen LogP contribution in [0.5, 0.6) is 0 Å². The third-order valence-corrected chi connectivity index (χ3v) is 6.77. The lowest BCUT2D eigenvalue weighted by Gasteiger charge is -2.36. The number of hydrogen-bond acceptors (Lipinski definition) is 9. The molecule has 0 aromatic carbocycles. The number of primary amides is 1. The number of ketones is 1. The predicted molar refractivity (Wildman–Crippen MR) is 158 cm³/mol. The van der Waals surface area contributed by atoms with Crippen LogP contribution >= 0.6 is 0 Å². The number of amides is 5. The number of aliphatic carboxylic acids is 1. The minimum Gasteiger partial charge on any atom is -0.480 e. The van der Waals surface area contributed by atoms with Gasteiger partial charge in [-0.2, -0.15) is 4.79 Å². The summed E-state index contributed by atoms with van der Waals surface area (Å²) in [5.41, 5.74) is 18.6. The van der Waals surface area contributed by atoms with E-state index >= 15 is 0 Å². The van der Waals surface area contributed by atoms with Gasteiger partial charge in [-0.15, -0.1) is 0 Å². The molecule has 0 bridgehead atoms. The Hall–Kier alpha value is -4.17. The number of nitrogens with one attached hydrogen (secondary N) is 1. The number of likely N-dealkylation sites (N-methyl/N-ethyl adjacent to an activating group) is 1. The normalized spacial score (nSPS) is 14.6. The van der Waals surface area contributed by atoms with E-state index in [0.29, 0.717) is 17.5 Å². The maximum absolute atomic E-state index is 14.0. The monoisotopic (exact) mass is 625 g/mol. The topological polar surface area (TPSA) is 256 Å². The lowest BCUT2D eigenvalue weighted by molar-refractivity contribution is -0.153. The summed E-state index contributed by atoms with van der Waals surface area (Å²) in [5, 5.41) is 12.5. The molecule has 0 aliphatic rings. The highest BCUT2D eigenvalue weighted by Crippen LogP contribution is 2.22. The maximum Gasteiger partial charge on any atom is 0.417 e. The summed E-state index contributed by atoms with van der Waals surface area (Å²) in [4.78, 5) is 93.5. The minimum absolute atomic E-state index is 0.150. The highest BCUT2D eigenvalue weighted by atomic mass is 16.6. The molecule has 0 aromatic rings. The number of Topliss-reactive ketones (excluding diaryl/α,β-unsaturated/α-hetero) is 1. The highest BCUT2D eigenvalue weighted by molar-refractivity contribution is 6.25. The Kier molecular flexibility index (Phi) is 16.1. The van der Waals surface area contributed by atoms with Gasteiger partial charge in [-0.3, -0.25) is 24.0 Å². The van der Waals surface area contributed by atoms with Crippen LogP contribution in [0.1, 0.15) is 80.6 Å². The molecule has 0 aliphatic carbocycles. The van der Waals surface area contributed by atoms with Crippen molar-refractivity contribution in [1.29, 1.82) is 0 Å². The predicted octanol–water partition coefficient (Wildman–Crippen LogP) is 0.460. The van der Waals surface area contributed by atoms with Gasteiger partial charge in [0.1, 0.15) is 23.7 Å². The van der Waals surface area contributed by atoms with Gasteiger partial charge in [0.15, 0.2) is 0 Å². The Morgan fingerprint density at radius 2 is 1.59 bits per heavy atom. The molecule has 5 amide bonds. The zero-order valence-electron chi connectivity index (χ0n) is 26.7. The number of rotatable bonds is 17. The number of nitrogens with zero attached hydrogens (tertiary/aromatic N) is 4. The van der Waals surface area contributed by atoms with Crippen LogP contribution in [0.25, 0.3) is 5.53 Å². The molecule has 0 aliphatic heterocycles. The molecule has 16 nitrogen and oxygen atoms in total. The molecule has 0 saturated carbocycles. The molecule has 44 heavy (non-hydrogen) atoms. The van der Waals surface area contributed by atoms with E-state index in [4.69, 9.17) is 21.7 Å². The average Bonchev–Trinajstić information content (AvgIpc) is 2.90. The van der Waals surface area contributed by atoms with Crippen molar-refractivity contribution in [2.45, 2.75) is 110 Å². The number of carbonyl (C=O) groups excluding carboxylic acids is 6. The van der Waals surface area contributed by atoms with E-state index in [-0.39, 0.29) is 25.7 Å².